The monoisotopic (exact) mass is 366 g/mol. The van der Waals surface area contributed by atoms with Crippen LogP contribution in [0.3, 0.4) is 0 Å². The molecule has 0 aliphatic carbocycles. The molecule has 2 aliphatic heterocycles. The molecular formula is C21H26N4O2. The van der Waals surface area contributed by atoms with E-state index in [1.165, 1.54) is 5.57 Å². The molecule has 1 amide bonds. The second-order valence-corrected chi connectivity index (χ2v) is 7.99. The van der Waals surface area contributed by atoms with E-state index >= 15 is 0 Å². The summed E-state index contributed by atoms with van der Waals surface area (Å²) in [7, 11) is 0. The van der Waals surface area contributed by atoms with Gasteiger partial charge in [0.25, 0.3) is 0 Å². The Balaban J connectivity index is 1.39. The number of anilines is 1. The van der Waals surface area contributed by atoms with Crippen molar-refractivity contribution >= 4 is 11.9 Å². The van der Waals surface area contributed by atoms with Gasteiger partial charge < -0.3 is 14.3 Å². The molecule has 0 radical (unpaired) electrons. The van der Waals surface area contributed by atoms with Crippen LogP contribution < -0.4 is 4.90 Å². The second kappa shape index (κ2) is 7.18. The number of carbonyl (C=O) groups is 1. The number of amides is 1. The summed E-state index contributed by atoms with van der Waals surface area (Å²) < 4.78 is 5.50. The summed E-state index contributed by atoms with van der Waals surface area (Å²) in [5.74, 6) is 0.903. The van der Waals surface area contributed by atoms with Crippen molar-refractivity contribution in [1.82, 2.24) is 15.0 Å². The topological polar surface area (TPSA) is 62.5 Å². The van der Waals surface area contributed by atoms with Gasteiger partial charge in [0.2, 0.25) is 11.7 Å². The molecule has 27 heavy (non-hydrogen) atoms. The Kier molecular flexibility index (Phi) is 4.72. The standard InChI is InChI=1S/C21H26N4O2/c1-16(2)8-11-25-15-21(14-18(25)26)9-12-24(13-10-21)20-22-19(23-27-20)17-6-4-3-5-7-17/h3-8H,9-15H2,1-2H3. The number of carbonyl (C=O) groups excluding carboxylic acids is 1. The van der Waals surface area contributed by atoms with Crippen LogP contribution in [0, 0.1) is 5.41 Å². The van der Waals surface area contributed by atoms with Gasteiger partial charge >= 0.3 is 6.01 Å². The van der Waals surface area contributed by atoms with E-state index in [0.29, 0.717) is 18.3 Å². The van der Waals surface area contributed by atoms with Crippen molar-refractivity contribution in [2.75, 3.05) is 31.1 Å². The number of benzene rings is 1. The number of hydrogen-bond acceptors (Lipinski definition) is 5. The van der Waals surface area contributed by atoms with E-state index in [1.54, 1.807) is 0 Å². The minimum Gasteiger partial charge on any atom is -0.338 e. The number of piperidine rings is 1. The van der Waals surface area contributed by atoms with Crippen LogP contribution in [-0.2, 0) is 4.79 Å². The molecule has 6 nitrogen and oxygen atoms in total. The van der Waals surface area contributed by atoms with Gasteiger partial charge in [-0.25, -0.2) is 0 Å². The van der Waals surface area contributed by atoms with Gasteiger partial charge in [-0.05, 0) is 26.7 Å². The van der Waals surface area contributed by atoms with Crippen molar-refractivity contribution in [3.63, 3.8) is 0 Å². The average Bonchev–Trinajstić information content (AvgIpc) is 3.27. The van der Waals surface area contributed by atoms with Crippen molar-refractivity contribution in [3.05, 3.63) is 42.0 Å². The van der Waals surface area contributed by atoms with E-state index in [4.69, 9.17) is 4.52 Å². The van der Waals surface area contributed by atoms with Crippen LogP contribution >= 0.6 is 0 Å². The summed E-state index contributed by atoms with van der Waals surface area (Å²) in [5, 5.41) is 4.12. The van der Waals surface area contributed by atoms with Gasteiger partial charge in [0.05, 0.1) is 0 Å². The number of rotatable bonds is 4. The van der Waals surface area contributed by atoms with Crippen LogP contribution in [0.1, 0.15) is 33.1 Å². The highest BCUT2D eigenvalue weighted by molar-refractivity contribution is 5.79. The molecule has 1 aromatic heterocycles. The summed E-state index contributed by atoms with van der Waals surface area (Å²) in [6.45, 7) is 7.44. The first kappa shape index (κ1) is 17.8. The fourth-order valence-electron chi connectivity index (χ4n) is 4.00. The molecule has 2 saturated heterocycles. The molecule has 3 heterocycles. The predicted molar refractivity (Wildman–Crippen MR) is 104 cm³/mol. The van der Waals surface area contributed by atoms with Crippen LogP contribution in [-0.4, -0.2) is 47.1 Å². The maximum atomic E-state index is 12.4. The van der Waals surface area contributed by atoms with Gasteiger partial charge in [-0.2, -0.15) is 4.98 Å². The molecule has 0 saturated carbocycles. The molecular weight excluding hydrogens is 340 g/mol. The van der Waals surface area contributed by atoms with Gasteiger partial charge in [0, 0.05) is 43.6 Å². The fourth-order valence-corrected chi connectivity index (χ4v) is 4.00. The molecule has 1 spiro atoms. The Morgan fingerprint density at radius 2 is 1.96 bits per heavy atom. The summed E-state index contributed by atoms with van der Waals surface area (Å²) in [6, 6.07) is 10.4. The predicted octanol–water partition coefficient (Wildman–Crippen LogP) is 3.52. The largest absolute Gasteiger partial charge is 0.338 e. The molecule has 4 rings (SSSR count). The zero-order chi connectivity index (χ0) is 18.9. The number of aromatic nitrogens is 2. The molecule has 0 unspecified atom stereocenters. The molecule has 1 aromatic carbocycles. The van der Waals surface area contributed by atoms with Crippen molar-refractivity contribution < 1.29 is 9.32 Å². The summed E-state index contributed by atoms with van der Waals surface area (Å²) in [6.07, 6.45) is 4.76. The van der Waals surface area contributed by atoms with Gasteiger partial charge in [-0.3, -0.25) is 4.79 Å². The van der Waals surface area contributed by atoms with Crippen LogP contribution in [0.4, 0.5) is 6.01 Å². The molecule has 0 bridgehead atoms. The van der Waals surface area contributed by atoms with Gasteiger partial charge in [-0.1, -0.05) is 47.1 Å². The average molecular weight is 366 g/mol. The van der Waals surface area contributed by atoms with E-state index in [2.05, 4.69) is 35.0 Å². The molecule has 142 valence electrons. The van der Waals surface area contributed by atoms with Gasteiger partial charge in [-0.15, -0.1) is 0 Å². The van der Waals surface area contributed by atoms with E-state index in [-0.39, 0.29) is 11.3 Å². The molecule has 2 aromatic rings. The summed E-state index contributed by atoms with van der Waals surface area (Å²) >= 11 is 0. The SMILES string of the molecule is CC(C)=CCN1CC2(CCN(c3nc(-c4ccccc4)no3)CC2)CC1=O. The lowest BCUT2D eigenvalue weighted by molar-refractivity contribution is -0.127. The lowest BCUT2D eigenvalue weighted by atomic mass is 9.78. The fraction of sp³-hybridized carbons (Fsp3) is 0.476. The van der Waals surface area contributed by atoms with Crippen LogP contribution in [0.2, 0.25) is 0 Å². The van der Waals surface area contributed by atoms with Gasteiger partial charge in [0.1, 0.15) is 0 Å². The van der Waals surface area contributed by atoms with Crippen LogP contribution in [0.5, 0.6) is 0 Å². The minimum absolute atomic E-state index is 0.103. The Morgan fingerprint density at radius 1 is 1.22 bits per heavy atom. The van der Waals surface area contributed by atoms with Crippen molar-refractivity contribution in [1.29, 1.82) is 0 Å². The highest BCUT2D eigenvalue weighted by Crippen LogP contribution is 2.41. The summed E-state index contributed by atoms with van der Waals surface area (Å²) in [5.41, 5.74) is 2.31. The zero-order valence-corrected chi connectivity index (χ0v) is 16.0. The normalized spacial score (nSPS) is 19.0. The maximum absolute atomic E-state index is 12.4. The third-order valence-electron chi connectivity index (χ3n) is 5.67. The number of likely N-dealkylation sites (tertiary alicyclic amines) is 1. The lowest BCUT2D eigenvalue weighted by Gasteiger charge is -2.37. The highest BCUT2D eigenvalue weighted by atomic mass is 16.5. The smallest absolute Gasteiger partial charge is 0.324 e. The third kappa shape index (κ3) is 3.75. The van der Waals surface area contributed by atoms with Crippen molar-refractivity contribution in [2.24, 2.45) is 5.41 Å². The van der Waals surface area contributed by atoms with Crippen LogP contribution in [0.25, 0.3) is 11.4 Å². The van der Waals surface area contributed by atoms with Gasteiger partial charge in [0.15, 0.2) is 0 Å². The second-order valence-electron chi connectivity index (χ2n) is 7.99. The third-order valence-corrected chi connectivity index (χ3v) is 5.67. The van der Waals surface area contributed by atoms with Crippen LogP contribution in [0.15, 0.2) is 46.5 Å². The minimum atomic E-state index is 0.103. The van der Waals surface area contributed by atoms with Crippen molar-refractivity contribution in [2.45, 2.75) is 33.1 Å². The first-order valence-electron chi connectivity index (χ1n) is 9.60. The Labute approximate surface area is 159 Å². The van der Waals surface area contributed by atoms with E-state index in [1.807, 2.05) is 35.2 Å². The Bertz CT molecular complexity index is 831. The molecule has 6 heteroatoms. The molecule has 0 atom stereocenters. The molecule has 0 N–H and O–H groups in total. The number of nitrogens with zero attached hydrogens (tertiary/aromatic N) is 4. The van der Waals surface area contributed by atoms with E-state index in [0.717, 1.165) is 44.6 Å². The number of hydrogen-bond donors (Lipinski definition) is 0. The quantitative estimate of drug-likeness (QED) is 0.775. The first-order valence-corrected chi connectivity index (χ1v) is 9.60. The number of allylic oxidation sites excluding steroid dienone is 1. The van der Waals surface area contributed by atoms with E-state index < -0.39 is 0 Å². The van der Waals surface area contributed by atoms with Crippen molar-refractivity contribution in [3.8, 4) is 11.4 Å². The summed E-state index contributed by atoms with van der Waals surface area (Å²) in [4.78, 5) is 21.1. The Morgan fingerprint density at radius 3 is 2.67 bits per heavy atom. The Hall–Kier alpha value is -2.63. The molecule has 2 fully saturated rings. The zero-order valence-electron chi connectivity index (χ0n) is 16.0. The lowest BCUT2D eigenvalue weighted by Crippen LogP contribution is -2.41. The molecule has 2 aliphatic rings. The van der Waals surface area contributed by atoms with E-state index in [9.17, 15) is 4.79 Å². The maximum Gasteiger partial charge on any atom is 0.324 e. The highest BCUT2D eigenvalue weighted by Gasteiger charge is 2.45. The first-order chi connectivity index (χ1) is 13.0.